The molecule has 0 aliphatic rings. The summed E-state index contributed by atoms with van der Waals surface area (Å²) in [5.74, 6) is 0.439. The molecule has 0 bridgehead atoms. The molecule has 110 valence electrons. The molecule has 0 saturated heterocycles. The lowest BCUT2D eigenvalue weighted by molar-refractivity contribution is -0.115. The van der Waals surface area contributed by atoms with Crippen molar-refractivity contribution in [3.63, 3.8) is 0 Å². The minimum absolute atomic E-state index is 0.0894. The van der Waals surface area contributed by atoms with Crippen LogP contribution in [-0.2, 0) is 11.2 Å². The molecule has 1 aromatic heterocycles. The van der Waals surface area contributed by atoms with E-state index in [1.165, 1.54) is 0 Å². The van der Waals surface area contributed by atoms with Gasteiger partial charge in [-0.05, 0) is 23.3 Å². The number of benzene rings is 2. The summed E-state index contributed by atoms with van der Waals surface area (Å²) in [6.45, 7) is 0. The SMILES string of the molecule is O=C(Cc1ccc(Br)cc1)Nc1cc(-c2ccccc2)[nH]n1. The van der Waals surface area contributed by atoms with Crippen molar-refractivity contribution in [2.24, 2.45) is 0 Å². The van der Waals surface area contributed by atoms with Gasteiger partial charge in [-0.3, -0.25) is 9.89 Å². The smallest absolute Gasteiger partial charge is 0.229 e. The van der Waals surface area contributed by atoms with Gasteiger partial charge >= 0.3 is 0 Å². The van der Waals surface area contributed by atoms with Crippen molar-refractivity contribution in [2.75, 3.05) is 5.32 Å². The molecule has 0 saturated carbocycles. The Hall–Kier alpha value is -2.40. The number of hydrogen-bond donors (Lipinski definition) is 2. The molecule has 3 rings (SSSR count). The first-order valence-corrected chi connectivity index (χ1v) is 7.65. The van der Waals surface area contributed by atoms with Crippen molar-refractivity contribution in [1.29, 1.82) is 0 Å². The third-order valence-electron chi connectivity index (χ3n) is 3.21. The molecular formula is C17H14BrN3O. The number of rotatable bonds is 4. The molecule has 22 heavy (non-hydrogen) atoms. The van der Waals surface area contributed by atoms with Crippen molar-refractivity contribution >= 4 is 27.7 Å². The van der Waals surface area contributed by atoms with E-state index in [0.29, 0.717) is 12.2 Å². The second-order valence-corrected chi connectivity index (χ2v) is 5.80. The second kappa shape index (κ2) is 6.58. The topological polar surface area (TPSA) is 57.8 Å². The largest absolute Gasteiger partial charge is 0.309 e. The van der Waals surface area contributed by atoms with Crippen molar-refractivity contribution in [3.05, 3.63) is 70.7 Å². The Bertz CT molecular complexity index is 766. The third kappa shape index (κ3) is 3.62. The number of aromatic amines is 1. The zero-order valence-electron chi connectivity index (χ0n) is 11.7. The molecule has 5 heteroatoms. The summed E-state index contributed by atoms with van der Waals surface area (Å²) in [6.07, 6.45) is 0.320. The summed E-state index contributed by atoms with van der Waals surface area (Å²) < 4.78 is 0.997. The predicted molar refractivity (Wildman–Crippen MR) is 90.5 cm³/mol. The average Bonchev–Trinajstić information content (AvgIpc) is 2.99. The molecule has 0 aliphatic heterocycles. The summed E-state index contributed by atoms with van der Waals surface area (Å²) in [6, 6.07) is 19.4. The molecule has 1 amide bonds. The molecule has 0 spiro atoms. The van der Waals surface area contributed by atoms with Gasteiger partial charge in [-0.1, -0.05) is 58.4 Å². The van der Waals surface area contributed by atoms with Crippen LogP contribution in [0.4, 0.5) is 5.82 Å². The lowest BCUT2D eigenvalue weighted by atomic mass is 10.1. The van der Waals surface area contributed by atoms with Crippen molar-refractivity contribution < 1.29 is 4.79 Å². The van der Waals surface area contributed by atoms with Crippen LogP contribution < -0.4 is 5.32 Å². The minimum Gasteiger partial charge on any atom is -0.309 e. The van der Waals surface area contributed by atoms with Crippen LogP contribution >= 0.6 is 15.9 Å². The van der Waals surface area contributed by atoms with Crippen LogP contribution in [0.25, 0.3) is 11.3 Å². The van der Waals surface area contributed by atoms with Gasteiger partial charge in [-0.25, -0.2) is 0 Å². The molecular weight excluding hydrogens is 342 g/mol. The van der Waals surface area contributed by atoms with E-state index < -0.39 is 0 Å². The van der Waals surface area contributed by atoms with Gasteiger partial charge in [0.25, 0.3) is 0 Å². The van der Waals surface area contributed by atoms with E-state index in [-0.39, 0.29) is 5.91 Å². The average molecular weight is 356 g/mol. The predicted octanol–water partition coefficient (Wildman–Crippen LogP) is 4.02. The summed E-state index contributed by atoms with van der Waals surface area (Å²) in [5.41, 5.74) is 2.86. The summed E-state index contributed by atoms with van der Waals surface area (Å²) in [4.78, 5) is 12.0. The van der Waals surface area contributed by atoms with Gasteiger partial charge in [0.15, 0.2) is 5.82 Å². The number of amides is 1. The van der Waals surface area contributed by atoms with Gasteiger partial charge in [0.1, 0.15) is 0 Å². The number of hydrogen-bond acceptors (Lipinski definition) is 2. The first kappa shape index (κ1) is 14.5. The normalized spacial score (nSPS) is 10.4. The van der Waals surface area contributed by atoms with Gasteiger partial charge in [-0.2, -0.15) is 5.10 Å². The third-order valence-corrected chi connectivity index (χ3v) is 3.74. The number of nitrogens with one attached hydrogen (secondary N) is 2. The van der Waals surface area contributed by atoms with E-state index in [0.717, 1.165) is 21.3 Å². The molecule has 3 aromatic rings. The number of aromatic nitrogens is 2. The van der Waals surface area contributed by atoms with Gasteiger partial charge in [0, 0.05) is 10.5 Å². The summed E-state index contributed by atoms with van der Waals surface area (Å²) in [7, 11) is 0. The molecule has 2 N–H and O–H groups in total. The maximum absolute atomic E-state index is 12.0. The van der Waals surface area contributed by atoms with Crippen molar-refractivity contribution in [2.45, 2.75) is 6.42 Å². The molecule has 0 atom stereocenters. The molecule has 0 fully saturated rings. The van der Waals surface area contributed by atoms with E-state index in [9.17, 15) is 4.79 Å². The fraction of sp³-hybridized carbons (Fsp3) is 0.0588. The number of carbonyl (C=O) groups excluding carboxylic acids is 1. The Morgan fingerprint density at radius 3 is 2.55 bits per heavy atom. The van der Waals surface area contributed by atoms with Gasteiger partial charge in [0.05, 0.1) is 12.1 Å². The zero-order chi connectivity index (χ0) is 15.4. The number of halogens is 1. The van der Waals surface area contributed by atoms with Gasteiger partial charge in [-0.15, -0.1) is 0 Å². The Kier molecular flexibility index (Phi) is 4.34. The fourth-order valence-corrected chi connectivity index (χ4v) is 2.39. The first-order chi connectivity index (χ1) is 10.7. The van der Waals surface area contributed by atoms with E-state index in [1.54, 1.807) is 0 Å². The minimum atomic E-state index is -0.0894. The van der Waals surface area contributed by atoms with Crippen molar-refractivity contribution in [1.82, 2.24) is 10.2 Å². The van der Waals surface area contributed by atoms with Crippen LogP contribution in [0.3, 0.4) is 0 Å². The van der Waals surface area contributed by atoms with Crippen LogP contribution in [0.2, 0.25) is 0 Å². The van der Waals surface area contributed by atoms with Crippen LogP contribution in [0.5, 0.6) is 0 Å². The maximum Gasteiger partial charge on any atom is 0.229 e. The Morgan fingerprint density at radius 2 is 1.82 bits per heavy atom. The van der Waals surface area contributed by atoms with Crippen LogP contribution in [-0.4, -0.2) is 16.1 Å². The Labute approximate surface area is 136 Å². The highest BCUT2D eigenvalue weighted by Crippen LogP contribution is 2.19. The maximum atomic E-state index is 12.0. The molecule has 4 nitrogen and oxygen atoms in total. The molecule has 0 unspecified atom stereocenters. The second-order valence-electron chi connectivity index (χ2n) is 4.88. The highest BCUT2D eigenvalue weighted by Gasteiger charge is 2.08. The Balaban J connectivity index is 1.65. The first-order valence-electron chi connectivity index (χ1n) is 6.86. The van der Waals surface area contributed by atoms with Crippen LogP contribution in [0, 0.1) is 0 Å². The standard InChI is InChI=1S/C17H14BrN3O/c18-14-8-6-12(7-9-14)10-17(22)19-16-11-15(20-21-16)13-4-2-1-3-5-13/h1-9,11H,10H2,(H2,19,20,21,22). The highest BCUT2D eigenvalue weighted by atomic mass is 79.9. The zero-order valence-corrected chi connectivity index (χ0v) is 13.3. The van der Waals surface area contributed by atoms with Gasteiger partial charge in [0.2, 0.25) is 5.91 Å². The Morgan fingerprint density at radius 1 is 1.09 bits per heavy atom. The lowest BCUT2D eigenvalue weighted by Crippen LogP contribution is -2.14. The van der Waals surface area contributed by atoms with E-state index in [1.807, 2.05) is 60.7 Å². The summed E-state index contributed by atoms with van der Waals surface area (Å²) in [5, 5.41) is 9.85. The summed E-state index contributed by atoms with van der Waals surface area (Å²) >= 11 is 3.38. The van der Waals surface area contributed by atoms with E-state index >= 15 is 0 Å². The number of anilines is 1. The van der Waals surface area contributed by atoms with Crippen LogP contribution in [0.1, 0.15) is 5.56 Å². The monoisotopic (exact) mass is 355 g/mol. The number of nitrogens with zero attached hydrogens (tertiary/aromatic N) is 1. The number of H-pyrrole nitrogens is 1. The molecule has 0 radical (unpaired) electrons. The molecule has 2 aromatic carbocycles. The van der Waals surface area contributed by atoms with Crippen LogP contribution in [0.15, 0.2) is 65.1 Å². The number of carbonyl (C=O) groups is 1. The van der Waals surface area contributed by atoms with Gasteiger partial charge < -0.3 is 5.32 Å². The molecule has 0 aliphatic carbocycles. The molecule has 1 heterocycles. The highest BCUT2D eigenvalue weighted by molar-refractivity contribution is 9.10. The lowest BCUT2D eigenvalue weighted by Gasteiger charge is -2.02. The van der Waals surface area contributed by atoms with E-state index in [4.69, 9.17) is 0 Å². The quantitative estimate of drug-likeness (QED) is 0.742. The fourth-order valence-electron chi connectivity index (χ4n) is 2.13. The van der Waals surface area contributed by atoms with E-state index in [2.05, 4.69) is 31.4 Å². The van der Waals surface area contributed by atoms with Crippen molar-refractivity contribution in [3.8, 4) is 11.3 Å².